The molecule has 1 aromatic rings. The lowest BCUT2D eigenvalue weighted by Crippen LogP contribution is -2.34. The van der Waals surface area contributed by atoms with E-state index in [-0.39, 0.29) is 24.1 Å². The number of aromatic nitrogens is 2. The molecule has 0 atom stereocenters. The molecule has 0 spiro atoms. The van der Waals surface area contributed by atoms with Crippen LogP contribution in [0.4, 0.5) is 5.95 Å². The first-order chi connectivity index (χ1) is 8.02. The van der Waals surface area contributed by atoms with Crippen molar-refractivity contribution in [2.75, 3.05) is 18.0 Å². The van der Waals surface area contributed by atoms with Crippen LogP contribution in [0.1, 0.15) is 19.5 Å². The molecule has 6 nitrogen and oxygen atoms in total. The molecule has 0 fully saturated rings. The van der Waals surface area contributed by atoms with Gasteiger partial charge in [0.2, 0.25) is 5.95 Å². The van der Waals surface area contributed by atoms with Crippen LogP contribution in [0.5, 0.6) is 0 Å². The van der Waals surface area contributed by atoms with E-state index in [0.717, 1.165) is 0 Å². The lowest BCUT2D eigenvalue weighted by Gasteiger charge is -2.22. The van der Waals surface area contributed by atoms with Gasteiger partial charge in [0.05, 0.1) is 0 Å². The summed E-state index contributed by atoms with van der Waals surface area (Å²) in [5, 5.41) is 17.6. The molecule has 1 rings (SSSR count). The van der Waals surface area contributed by atoms with E-state index in [0.29, 0.717) is 6.54 Å². The van der Waals surface area contributed by atoms with Gasteiger partial charge in [-0.1, -0.05) is 13.8 Å². The predicted octanol–water partition coefficient (Wildman–Crippen LogP) is 0.895. The number of aliphatic carboxylic acids is 1. The molecular weight excluding hydrogens is 220 g/mol. The van der Waals surface area contributed by atoms with Crippen LogP contribution in [-0.2, 0) is 4.79 Å². The summed E-state index contributed by atoms with van der Waals surface area (Å²) in [7, 11) is 0. The minimum atomic E-state index is -0.948. The fourth-order valence-electron chi connectivity index (χ4n) is 1.38. The molecular formula is C11H14N4O2. The van der Waals surface area contributed by atoms with Gasteiger partial charge in [-0.15, -0.1) is 0 Å². The van der Waals surface area contributed by atoms with E-state index in [4.69, 9.17) is 10.4 Å². The quantitative estimate of drug-likeness (QED) is 0.813. The number of hydrogen-bond acceptors (Lipinski definition) is 5. The largest absolute Gasteiger partial charge is 0.480 e. The summed E-state index contributed by atoms with van der Waals surface area (Å²) in [6.07, 6.45) is 1.45. The molecule has 1 heterocycles. The Bertz CT molecular complexity index is 439. The Kier molecular flexibility index (Phi) is 4.40. The van der Waals surface area contributed by atoms with Gasteiger partial charge in [0.15, 0.2) is 0 Å². The standard InChI is InChI=1S/C11H14N4O2/c1-8(2)6-15(7-10(16)17)11-13-4-3-9(5-12)14-11/h3-4,8H,6-7H2,1-2H3,(H,16,17). The molecule has 0 amide bonds. The first-order valence-corrected chi connectivity index (χ1v) is 5.22. The highest BCUT2D eigenvalue weighted by Crippen LogP contribution is 2.09. The Morgan fingerprint density at radius 3 is 2.88 bits per heavy atom. The zero-order chi connectivity index (χ0) is 12.8. The molecule has 0 radical (unpaired) electrons. The van der Waals surface area contributed by atoms with Crippen molar-refractivity contribution in [3.63, 3.8) is 0 Å². The van der Waals surface area contributed by atoms with Gasteiger partial charge < -0.3 is 10.0 Å². The normalized spacial score (nSPS) is 10.0. The van der Waals surface area contributed by atoms with Crippen LogP contribution in [0.15, 0.2) is 12.3 Å². The summed E-state index contributed by atoms with van der Waals surface area (Å²) < 4.78 is 0. The highest BCUT2D eigenvalue weighted by atomic mass is 16.4. The van der Waals surface area contributed by atoms with Crippen molar-refractivity contribution in [1.82, 2.24) is 9.97 Å². The summed E-state index contributed by atoms with van der Waals surface area (Å²) in [4.78, 5) is 20.3. The minimum absolute atomic E-state index is 0.174. The molecule has 90 valence electrons. The molecule has 1 N–H and O–H groups in total. The average molecular weight is 234 g/mol. The van der Waals surface area contributed by atoms with Crippen LogP contribution in [-0.4, -0.2) is 34.1 Å². The predicted molar refractivity (Wildman–Crippen MR) is 61.4 cm³/mol. The SMILES string of the molecule is CC(C)CN(CC(=O)O)c1nccc(C#N)n1. The zero-order valence-corrected chi connectivity index (χ0v) is 9.79. The molecule has 0 bridgehead atoms. The van der Waals surface area contributed by atoms with E-state index in [1.807, 2.05) is 19.9 Å². The van der Waals surface area contributed by atoms with Crippen molar-refractivity contribution < 1.29 is 9.90 Å². The Morgan fingerprint density at radius 2 is 2.35 bits per heavy atom. The van der Waals surface area contributed by atoms with Gasteiger partial charge in [0.25, 0.3) is 0 Å². The van der Waals surface area contributed by atoms with E-state index in [1.54, 1.807) is 4.90 Å². The Balaban J connectivity index is 2.95. The van der Waals surface area contributed by atoms with E-state index in [9.17, 15) is 4.79 Å². The number of rotatable bonds is 5. The second kappa shape index (κ2) is 5.80. The zero-order valence-electron chi connectivity index (χ0n) is 9.79. The molecule has 0 saturated carbocycles. The third-order valence-corrected chi connectivity index (χ3v) is 1.95. The number of carboxylic acid groups (broad SMARTS) is 1. The lowest BCUT2D eigenvalue weighted by atomic mass is 10.2. The molecule has 17 heavy (non-hydrogen) atoms. The number of nitrogens with zero attached hydrogens (tertiary/aromatic N) is 4. The van der Waals surface area contributed by atoms with Gasteiger partial charge in [0.1, 0.15) is 18.3 Å². The Morgan fingerprint density at radius 1 is 1.65 bits per heavy atom. The van der Waals surface area contributed by atoms with Crippen molar-refractivity contribution in [2.45, 2.75) is 13.8 Å². The Labute approximate surface area is 99.5 Å². The van der Waals surface area contributed by atoms with Crippen LogP contribution in [0, 0.1) is 17.2 Å². The number of carboxylic acids is 1. The van der Waals surface area contributed by atoms with E-state index in [1.165, 1.54) is 12.3 Å². The van der Waals surface area contributed by atoms with Crippen molar-refractivity contribution >= 4 is 11.9 Å². The van der Waals surface area contributed by atoms with Crippen LogP contribution in [0.25, 0.3) is 0 Å². The molecule has 6 heteroatoms. The van der Waals surface area contributed by atoms with Gasteiger partial charge in [-0.2, -0.15) is 5.26 Å². The van der Waals surface area contributed by atoms with E-state index < -0.39 is 5.97 Å². The summed E-state index contributed by atoms with van der Waals surface area (Å²) in [5.74, 6) is -0.388. The average Bonchev–Trinajstić information content (AvgIpc) is 2.27. The van der Waals surface area contributed by atoms with E-state index in [2.05, 4.69) is 9.97 Å². The van der Waals surface area contributed by atoms with Gasteiger partial charge in [0, 0.05) is 12.7 Å². The smallest absolute Gasteiger partial charge is 0.323 e. The first-order valence-electron chi connectivity index (χ1n) is 5.22. The van der Waals surface area contributed by atoms with Crippen LogP contribution in [0.3, 0.4) is 0 Å². The monoisotopic (exact) mass is 234 g/mol. The summed E-state index contributed by atoms with van der Waals surface area (Å²) >= 11 is 0. The fourth-order valence-corrected chi connectivity index (χ4v) is 1.38. The van der Waals surface area contributed by atoms with Gasteiger partial charge in [-0.05, 0) is 12.0 Å². The van der Waals surface area contributed by atoms with Crippen LogP contribution < -0.4 is 4.90 Å². The minimum Gasteiger partial charge on any atom is -0.480 e. The summed E-state index contributed by atoms with van der Waals surface area (Å²) in [6, 6.07) is 3.39. The lowest BCUT2D eigenvalue weighted by molar-refractivity contribution is -0.135. The first kappa shape index (κ1) is 12.9. The molecule has 0 aliphatic rings. The molecule has 0 unspecified atom stereocenters. The maximum absolute atomic E-state index is 10.8. The highest BCUT2D eigenvalue weighted by Gasteiger charge is 2.15. The maximum atomic E-state index is 10.8. The number of nitriles is 1. The highest BCUT2D eigenvalue weighted by molar-refractivity contribution is 5.72. The van der Waals surface area contributed by atoms with Crippen LogP contribution >= 0.6 is 0 Å². The topological polar surface area (TPSA) is 90.1 Å². The second-order valence-corrected chi connectivity index (χ2v) is 4.02. The van der Waals surface area contributed by atoms with Gasteiger partial charge in [-0.25, -0.2) is 9.97 Å². The second-order valence-electron chi connectivity index (χ2n) is 4.02. The molecule has 0 aliphatic heterocycles. The number of carbonyl (C=O) groups is 1. The summed E-state index contributed by atoms with van der Waals surface area (Å²) in [5.41, 5.74) is 0.231. The number of hydrogen-bond donors (Lipinski definition) is 1. The third kappa shape index (κ3) is 4.07. The molecule has 0 aromatic carbocycles. The molecule has 1 aromatic heterocycles. The summed E-state index contributed by atoms with van der Waals surface area (Å²) in [6.45, 7) is 4.31. The molecule has 0 aliphatic carbocycles. The van der Waals surface area contributed by atoms with E-state index >= 15 is 0 Å². The van der Waals surface area contributed by atoms with Crippen LogP contribution in [0.2, 0.25) is 0 Å². The van der Waals surface area contributed by atoms with Crippen molar-refractivity contribution in [1.29, 1.82) is 5.26 Å². The van der Waals surface area contributed by atoms with Crippen molar-refractivity contribution in [3.05, 3.63) is 18.0 Å². The maximum Gasteiger partial charge on any atom is 0.323 e. The number of anilines is 1. The van der Waals surface area contributed by atoms with Gasteiger partial charge >= 0.3 is 5.97 Å². The molecule has 0 saturated heterocycles. The Hall–Kier alpha value is -2.16. The third-order valence-electron chi connectivity index (χ3n) is 1.95. The fraction of sp³-hybridized carbons (Fsp3) is 0.455. The van der Waals surface area contributed by atoms with Crippen molar-refractivity contribution in [3.8, 4) is 6.07 Å². The van der Waals surface area contributed by atoms with Crippen molar-refractivity contribution in [2.24, 2.45) is 5.92 Å². The van der Waals surface area contributed by atoms with Gasteiger partial charge in [-0.3, -0.25) is 4.79 Å².